The van der Waals surface area contributed by atoms with Gasteiger partial charge in [-0.2, -0.15) is 0 Å². The molecule has 0 unspecified atom stereocenters. The Morgan fingerprint density at radius 1 is 0.955 bits per heavy atom. The van der Waals surface area contributed by atoms with Gasteiger partial charge in [-0.05, 0) is 30.3 Å². The fourth-order valence-corrected chi connectivity index (χ4v) is 2.30. The number of rotatable bonds is 4. The van der Waals surface area contributed by atoms with Crippen LogP contribution in [0, 0.1) is 0 Å². The van der Waals surface area contributed by atoms with Crippen LogP contribution < -0.4 is 4.74 Å². The van der Waals surface area contributed by atoms with Crippen molar-refractivity contribution in [3.05, 3.63) is 63.4 Å². The Hall–Kier alpha value is -1.75. The molecule has 0 spiro atoms. The van der Waals surface area contributed by atoms with Crippen LogP contribution >= 0.6 is 34.8 Å². The van der Waals surface area contributed by atoms with Crippen LogP contribution in [0.4, 0.5) is 0 Å². The molecular weight excluding hydrogens is 347 g/mol. The Labute approximate surface area is 141 Å². The van der Waals surface area contributed by atoms with Gasteiger partial charge in [0.2, 0.25) is 5.89 Å². The van der Waals surface area contributed by atoms with Crippen LogP contribution in [0.25, 0.3) is 11.5 Å². The van der Waals surface area contributed by atoms with E-state index in [0.717, 1.165) is 5.56 Å². The molecule has 22 heavy (non-hydrogen) atoms. The van der Waals surface area contributed by atoms with Gasteiger partial charge in [0.15, 0.2) is 6.61 Å². The Balaban J connectivity index is 1.73. The monoisotopic (exact) mass is 354 g/mol. The van der Waals surface area contributed by atoms with E-state index >= 15 is 0 Å². The molecule has 0 aliphatic heterocycles. The zero-order chi connectivity index (χ0) is 15.5. The summed E-state index contributed by atoms with van der Waals surface area (Å²) < 4.78 is 11.1. The zero-order valence-corrected chi connectivity index (χ0v) is 13.4. The number of benzene rings is 2. The first-order valence-corrected chi connectivity index (χ1v) is 7.41. The minimum Gasteiger partial charge on any atom is -0.482 e. The van der Waals surface area contributed by atoms with Crippen molar-refractivity contribution < 1.29 is 9.15 Å². The average Bonchev–Trinajstić information content (AvgIpc) is 2.97. The Kier molecular flexibility index (Phi) is 4.52. The maximum Gasteiger partial charge on any atom is 0.254 e. The summed E-state index contributed by atoms with van der Waals surface area (Å²) in [6.45, 7) is 0.0909. The van der Waals surface area contributed by atoms with Crippen molar-refractivity contribution in [2.45, 2.75) is 6.61 Å². The molecule has 0 saturated heterocycles. The smallest absolute Gasteiger partial charge is 0.254 e. The summed E-state index contributed by atoms with van der Waals surface area (Å²) in [7, 11) is 0. The average molecular weight is 356 g/mol. The second-order valence-corrected chi connectivity index (χ2v) is 5.65. The quantitative estimate of drug-likeness (QED) is 0.639. The van der Waals surface area contributed by atoms with Crippen molar-refractivity contribution in [1.29, 1.82) is 0 Å². The van der Waals surface area contributed by atoms with Crippen LogP contribution in [0.3, 0.4) is 0 Å². The molecule has 0 amide bonds. The molecule has 1 aromatic heterocycles. The Morgan fingerprint density at radius 3 is 2.59 bits per heavy atom. The summed E-state index contributed by atoms with van der Waals surface area (Å²) in [6, 6.07) is 12.1. The molecule has 112 valence electrons. The van der Waals surface area contributed by atoms with Crippen LogP contribution in [-0.4, -0.2) is 10.2 Å². The molecule has 7 heteroatoms. The fraction of sp³-hybridized carbons (Fsp3) is 0.0667. The summed E-state index contributed by atoms with van der Waals surface area (Å²) in [4.78, 5) is 0. The van der Waals surface area contributed by atoms with Crippen LogP contribution in [-0.2, 0) is 6.61 Å². The molecule has 2 aromatic carbocycles. The molecule has 0 bridgehead atoms. The third-order valence-corrected chi connectivity index (χ3v) is 3.57. The van der Waals surface area contributed by atoms with Crippen molar-refractivity contribution in [3.63, 3.8) is 0 Å². The number of hydrogen-bond acceptors (Lipinski definition) is 4. The van der Waals surface area contributed by atoms with E-state index in [9.17, 15) is 0 Å². The lowest BCUT2D eigenvalue weighted by molar-refractivity contribution is 0.264. The molecular formula is C15H9Cl3N2O2. The molecule has 0 radical (unpaired) electrons. The Bertz CT molecular complexity index is 805. The highest BCUT2D eigenvalue weighted by Gasteiger charge is 2.10. The van der Waals surface area contributed by atoms with E-state index in [-0.39, 0.29) is 6.61 Å². The van der Waals surface area contributed by atoms with Gasteiger partial charge in [0, 0.05) is 21.7 Å². The largest absolute Gasteiger partial charge is 0.482 e. The second kappa shape index (κ2) is 6.57. The zero-order valence-electron chi connectivity index (χ0n) is 11.1. The maximum absolute atomic E-state index is 6.02. The molecule has 0 N–H and O–H groups in total. The lowest BCUT2D eigenvalue weighted by Crippen LogP contribution is -1.96. The van der Waals surface area contributed by atoms with E-state index in [0.29, 0.717) is 32.6 Å². The molecule has 0 aliphatic rings. The van der Waals surface area contributed by atoms with Gasteiger partial charge < -0.3 is 9.15 Å². The molecule has 0 atom stereocenters. The molecule has 1 heterocycles. The van der Waals surface area contributed by atoms with E-state index in [2.05, 4.69) is 10.2 Å². The van der Waals surface area contributed by atoms with Gasteiger partial charge in [-0.15, -0.1) is 10.2 Å². The van der Waals surface area contributed by atoms with Gasteiger partial charge in [0.05, 0.1) is 5.02 Å². The minimum atomic E-state index is 0.0909. The number of nitrogens with zero attached hydrogens (tertiary/aromatic N) is 2. The molecule has 0 saturated carbocycles. The summed E-state index contributed by atoms with van der Waals surface area (Å²) >= 11 is 17.8. The van der Waals surface area contributed by atoms with E-state index in [1.165, 1.54) is 0 Å². The highest BCUT2D eigenvalue weighted by Crippen LogP contribution is 2.28. The van der Waals surface area contributed by atoms with Crippen molar-refractivity contribution in [1.82, 2.24) is 10.2 Å². The first-order valence-electron chi connectivity index (χ1n) is 6.28. The van der Waals surface area contributed by atoms with Crippen molar-refractivity contribution in [2.24, 2.45) is 0 Å². The lowest BCUT2D eigenvalue weighted by Gasteiger charge is -2.05. The highest BCUT2D eigenvalue weighted by molar-refractivity contribution is 6.34. The molecule has 3 aromatic rings. The fourth-order valence-electron chi connectivity index (χ4n) is 1.78. The lowest BCUT2D eigenvalue weighted by atomic mass is 10.2. The van der Waals surface area contributed by atoms with Gasteiger partial charge in [-0.25, -0.2) is 0 Å². The van der Waals surface area contributed by atoms with Crippen molar-refractivity contribution in [3.8, 4) is 17.2 Å². The molecule has 3 rings (SSSR count). The first kappa shape index (κ1) is 15.2. The summed E-state index contributed by atoms with van der Waals surface area (Å²) in [5.74, 6) is 1.15. The SMILES string of the molecule is Clc1cccc(-c2nnc(COc3cc(Cl)ccc3Cl)o2)c1. The number of halogens is 3. The second-order valence-electron chi connectivity index (χ2n) is 4.37. The standard InChI is InChI=1S/C15H9Cl3N2O2/c16-10-3-1-2-9(6-10)15-20-19-14(22-15)8-21-13-7-11(17)4-5-12(13)18/h1-7H,8H2. The van der Waals surface area contributed by atoms with Crippen molar-refractivity contribution >= 4 is 34.8 Å². The van der Waals surface area contributed by atoms with Crippen LogP contribution in [0.2, 0.25) is 15.1 Å². The first-order chi connectivity index (χ1) is 10.6. The Morgan fingerprint density at radius 2 is 1.77 bits per heavy atom. The van der Waals surface area contributed by atoms with E-state index in [4.69, 9.17) is 44.0 Å². The van der Waals surface area contributed by atoms with Crippen molar-refractivity contribution in [2.75, 3.05) is 0 Å². The topological polar surface area (TPSA) is 48.2 Å². The number of aromatic nitrogens is 2. The third kappa shape index (κ3) is 3.53. The molecule has 4 nitrogen and oxygen atoms in total. The van der Waals surface area contributed by atoms with Gasteiger partial charge in [-0.3, -0.25) is 0 Å². The van der Waals surface area contributed by atoms with Crippen LogP contribution in [0.15, 0.2) is 46.9 Å². The normalized spacial score (nSPS) is 10.7. The molecule has 0 aliphatic carbocycles. The van der Waals surface area contributed by atoms with E-state index in [1.54, 1.807) is 30.3 Å². The summed E-state index contributed by atoms with van der Waals surface area (Å²) in [6.07, 6.45) is 0. The van der Waals surface area contributed by atoms with Gasteiger partial charge in [-0.1, -0.05) is 40.9 Å². The summed E-state index contributed by atoms with van der Waals surface area (Å²) in [5.41, 5.74) is 0.743. The van der Waals surface area contributed by atoms with E-state index in [1.807, 2.05) is 12.1 Å². The molecule has 0 fully saturated rings. The van der Waals surface area contributed by atoms with Crippen LogP contribution in [0.1, 0.15) is 5.89 Å². The van der Waals surface area contributed by atoms with Gasteiger partial charge >= 0.3 is 0 Å². The van der Waals surface area contributed by atoms with E-state index < -0.39 is 0 Å². The third-order valence-electron chi connectivity index (χ3n) is 2.78. The predicted octanol–water partition coefficient (Wildman–Crippen LogP) is 5.28. The summed E-state index contributed by atoms with van der Waals surface area (Å²) in [5, 5.41) is 9.48. The number of ether oxygens (including phenoxy) is 1. The minimum absolute atomic E-state index is 0.0909. The maximum atomic E-state index is 6.02. The van der Waals surface area contributed by atoms with Gasteiger partial charge in [0.1, 0.15) is 5.75 Å². The van der Waals surface area contributed by atoms with Gasteiger partial charge in [0.25, 0.3) is 5.89 Å². The highest BCUT2D eigenvalue weighted by atomic mass is 35.5. The number of hydrogen-bond donors (Lipinski definition) is 0. The van der Waals surface area contributed by atoms with Crippen LogP contribution in [0.5, 0.6) is 5.75 Å². The predicted molar refractivity (Wildman–Crippen MR) is 85.5 cm³/mol.